The first-order valence-electron chi connectivity index (χ1n) is 8.97. The van der Waals surface area contributed by atoms with Gasteiger partial charge in [-0.15, -0.1) is 11.3 Å². The lowest BCUT2D eigenvalue weighted by Gasteiger charge is -2.35. The highest BCUT2D eigenvalue weighted by Crippen LogP contribution is 2.32. The third-order valence-electron chi connectivity index (χ3n) is 4.72. The molecule has 29 heavy (non-hydrogen) atoms. The van der Waals surface area contributed by atoms with Crippen LogP contribution in [-0.2, 0) is 16.4 Å². The third kappa shape index (κ3) is 4.07. The zero-order valence-electron chi connectivity index (χ0n) is 15.6. The summed E-state index contributed by atoms with van der Waals surface area (Å²) in [7, 11) is -1.73. The Balaban J connectivity index is 1.30. The Morgan fingerprint density at radius 1 is 1.31 bits per heavy atom. The maximum atomic E-state index is 12.4. The number of likely N-dealkylation sites (N-methyl/N-ethyl adjacent to an activating group) is 1. The maximum absolute atomic E-state index is 12.4. The lowest BCUT2D eigenvalue weighted by atomic mass is 10.0. The molecule has 0 radical (unpaired) electrons. The van der Waals surface area contributed by atoms with E-state index in [2.05, 4.69) is 15.1 Å². The molecule has 1 aliphatic rings. The van der Waals surface area contributed by atoms with E-state index in [9.17, 15) is 13.2 Å². The number of carbonyl (C=O) groups excluding carboxylic acids is 1. The monoisotopic (exact) mass is 433 g/mol. The van der Waals surface area contributed by atoms with Gasteiger partial charge in [0.15, 0.2) is 5.82 Å². The van der Waals surface area contributed by atoms with E-state index in [-0.39, 0.29) is 11.8 Å². The second kappa shape index (κ2) is 8.01. The molecule has 0 aliphatic carbocycles. The van der Waals surface area contributed by atoms with Crippen LogP contribution in [-0.4, -0.2) is 65.3 Å². The van der Waals surface area contributed by atoms with Crippen molar-refractivity contribution in [3.05, 3.63) is 59.3 Å². The number of sulfonamides is 1. The van der Waals surface area contributed by atoms with Gasteiger partial charge in [0.25, 0.3) is 15.9 Å². The molecule has 9 nitrogen and oxygen atoms in total. The van der Waals surface area contributed by atoms with Crippen LogP contribution in [0.2, 0.25) is 0 Å². The summed E-state index contributed by atoms with van der Waals surface area (Å²) < 4.78 is 31.9. The zero-order chi connectivity index (χ0) is 20.4. The van der Waals surface area contributed by atoms with Crippen molar-refractivity contribution in [3.63, 3.8) is 0 Å². The Bertz CT molecular complexity index is 1080. The number of pyridine rings is 1. The summed E-state index contributed by atoms with van der Waals surface area (Å²) in [6.07, 6.45) is 3.60. The Labute approximate surface area is 172 Å². The average Bonchev–Trinajstić information content (AvgIpc) is 3.37. The normalized spacial score (nSPS) is 15.2. The Morgan fingerprint density at radius 2 is 2.07 bits per heavy atom. The minimum absolute atomic E-state index is 0.107. The molecular formula is C18H19N5O4S2. The first kappa shape index (κ1) is 19.7. The lowest BCUT2D eigenvalue weighted by molar-refractivity contribution is 0.0795. The van der Waals surface area contributed by atoms with Gasteiger partial charge in [-0.1, -0.05) is 11.2 Å². The van der Waals surface area contributed by atoms with Crippen LogP contribution >= 0.6 is 11.3 Å². The summed E-state index contributed by atoms with van der Waals surface area (Å²) in [6, 6.07) is 6.65. The van der Waals surface area contributed by atoms with Crippen LogP contribution in [0, 0.1) is 0 Å². The van der Waals surface area contributed by atoms with Gasteiger partial charge in [0.2, 0.25) is 5.89 Å². The maximum Gasteiger partial charge on any atom is 0.253 e. The molecule has 3 aromatic rings. The fourth-order valence-electron chi connectivity index (χ4n) is 2.95. The van der Waals surface area contributed by atoms with Gasteiger partial charge in [-0.25, -0.2) is 8.42 Å². The minimum Gasteiger partial charge on any atom is -0.341 e. The summed E-state index contributed by atoms with van der Waals surface area (Å²) in [4.78, 5) is 22.2. The van der Waals surface area contributed by atoms with Crippen molar-refractivity contribution in [3.8, 4) is 0 Å². The van der Waals surface area contributed by atoms with Crippen molar-refractivity contribution in [1.82, 2.24) is 24.3 Å². The van der Waals surface area contributed by atoms with Crippen LogP contribution < -0.4 is 0 Å². The fraction of sp³-hybridized carbons (Fsp3) is 0.333. The highest BCUT2D eigenvalue weighted by molar-refractivity contribution is 7.91. The molecule has 4 heterocycles. The first-order valence-corrected chi connectivity index (χ1v) is 11.3. The number of rotatable bonds is 7. The predicted molar refractivity (Wildman–Crippen MR) is 105 cm³/mol. The molecular weight excluding hydrogens is 414 g/mol. The summed E-state index contributed by atoms with van der Waals surface area (Å²) in [5.74, 6) is 0.710. The van der Waals surface area contributed by atoms with Gasteiger partial charge in [0.05, 0.1) is 5.92 Å². The molecule has 1 saturated heterocycles. The molecule has 152 valence electrons. The number of hydrogen-bond donors (Lipinski definition) is 0. The smallest absolute Gasteiger partial charge is 0.253 e. The summed E-state index contributed by atoms with van der Waals surface area (Å²) in [6.45, 7) is 1.08. The van der Waals surface area contributed by atoms with Crippen LogP contribution in [0.5, 0.6) is 0 Å². The van der Waals surface area contributed by atoms with Gasteiger partial charge in [0, 0.05) is 51.1 Å². The Hall–Kier alpha value is -2.63. The SMILES string of the molecule is CN(CCc1noc(C2CN(S(=O)(=O)c3cccs3)C2)n1)C(=O)c1ccncc1. The predicted octanol–water partition coefficient (Wildman–Crippen LogP) is 1.63. The third-order valence-corrected chi connectivity index (χ3v) is 7.92. The minimum atomic E-state index is -3.44. The molecule has 11 heteroatoms. The van der Waals surface area contributed by atoms with Crippen molar-refractivity contribution in [1.29, 1.82) is 0 Å². The number of amides is 1. The van der Waals surface area contributed by atoms with Crippen LogP contribution in [0.15, 0.2) is 50.8 Å². The molecule has 0 bridgehead atoms. The quantitative estimate of drug-likeness (QED) is 0.557. The summed E-state index contributed by atoms with van der Waals surface area (Å²) in [5.41, 5.74) is 0.567. The number of hydrogen-bond acceptors (Lipinski definition) is 8. The largest absolute Gasteiger partial charge is 0.341 e. The molecule has 0 aromatic carbocycles. The average molecular weight is 434 g/mol. The van der Waals surface area contributed by atoms with Crippen LogP contribution in [0.25, 0.3) is 0 Å². The number of nitrogens with zero attached hydrogens (tertiary/aromatic N) is 5. The molecule has 1 amide bonds. The van der Waals surface area contributed by atoms with E-state index in [1.807, 2.05) is 0 Å². The number of thiophene rings is 1. The molecule has 0 N–H and O–H groups in total. The highest BCUT2D eigenvalue weighted by Gasteiger charge is 2.40. The van der Waals surface area contributed by atoms with E-state index in [4.69, 9.17) is 4.52 Å². The van der Waals surface area contributed by atoms with Crippen LogP contribution in [0.1, 0.15) is 28.0 Å². The summed E-state index contributed by atoms with van der Waals surface area (Å²) in [5, 5.41) is 5.70. The fourth-order valence-corrected chi connectivity index (χ4v) is 5.62. The van der Waals surface area contributed by atoms with Crippen molar-refractivity contribution in [2.45, 2.75) is 16.5 Å². The van der Waals surface area contributed by atoms with Gasteiger partial charge >= 0.3 is 0 Å². The molecule has 4 rings (SSSR count). The zero-order valence-corrected chi connectivity index (χ0v) is 17.3. The van der Waals surface area contributed by atoms with Crippen molar-refractivity contribution in [2.24, 2.45) is 0 Å². The van der Waals surface area contributed by atoms with E-state index in [0.717, 1.165) is 0 Å². The second-order valence-corrected chi connectivity index (χ2v) is 9.82. The lowest BCUT2D eigenvalue weighted by Crippen LogP contribution is -2.48. The Kier molecular flexibility index (Phi) is 5.43. The topological polar surface area (TPSA) is 110 Å². The standard InChI is InChI=1S/C18H19N5O4S2/c1-22(18(24)13-4-7-19-8-5-13)9-6-15-20-17(27-21-15)14-11-23(12-14)29(25,26)16-3-2-10-28-16/h2-5,7-8,10,14H,6,9,11-12H2,1H3. The van der Waals surface area contributed by atoms with Crippen molar-refractivity contribution >= 4 is 27.3 Å². The van der Waals surface area contributed by atoms with E-state index in [0.29, 0.717) is 47.5 Å². The Morgan fingerprint density at radius 3 is 2.76 bits per heavy atom. The molecule has 0 saturated carbocycles. The van der Waals surface area contributed by atoms with E-state index < -0.39 is 10.0 Å². The van der Waals surface area contributed by atoms with Crippen molar-refractivity contribution in [2.75, 3.05) is 26.7 Å². The molecule has 1 aliphatic heterocycles. The van der Waals surface area contributed by atoms with Gasteiger partial charge in [-0.3, -0.25) is 9.78 Å². The summed E-state index contributed by atoms with van der Waals surface area (Å²) >= 11 is 1.20. The number of aromatic nitrogens is 3. The van der Waals surface area contributed by atoms with E-state index >= 15 is 0 Å². The van der Waals surface area contributed by atoms with Gasteiger partial charge in [-0.05, 0) is 23.6 Å². The van der Waals surface area contributed by atoms with Gasteiger partial charge < -0.3 is 9.42 Å². The van der Waals surface area contributed by atoms with E-state index in [1.54, 1.807) is 54.0 Å². The van der Waals surface area contributed by atoms with Crippen molar-refractivity contribution < 1.29 is 17.7 Å². The molecule has 0 spiro atoms. The molecule has 3 aromatic heterocycles. The van der Waals surface area contributed by atoms with Crippen LogP contribution in [0.4, 0.5) is 0 Å². The molecule has 1 fully saturated rings. The second-order valence-electron chi connectivity index (χ2n) is 6.71. The van der Waals surface area contributed by atoms with Gasteiger partial charge in [0.1, 0.15) is 4.21 Å². The highest BCUT2D eigenvalue weighted by atomic mass is 32.2. The first-order chi connectivity index (χ1) is 13.9. The van der Waals surface area contributed by atoms with Gasteiger partial charge in [-0.2, -0.15) is 9.29 Å². The van der Waals surface area contributed by atoms with Crippen LogP contribution in [0.3, 0.4) is 0 Å². The molecule has 0 unspecified atom stereocenters. The van der Waals surface area contributed by atoms with E-state index in [1.165, 1.54) is 15.6 Å². The number of carbonyl (C=O) groups is 1. The molecule has 0 atom stereocenters.